The molecule has 0 bridgehead atoms. The summed E-state index contributed by atoms with van der Waals surface area (Å²) in [6.45, 7) is -0.309. The van der Waals surface area contributed by atoms with Gasteiger partial charge in [0.25, 0.3) is 0 Å². The van der Waals surface area contributed by atoms with Gasteiger partial charge in [-0.2, -0.15) is 0 Å². The number of carboxylic acid groups (broad SMARTS) is 1. The molecule has 8 heteroatoms. The Labute approximate surface area is 123 Å². The van der Waals surface area contributed by atoms with Crippen molar-refractivity contribution in [2.24, 2.45) is 0 Å². The summed E-state index contributed by atoms with van der Waals surface area (Å²) in [5.41, 5.74) is 0.743. The molecule has 0 aliphatic heterocycles. The van der Waals surface area contributed by atoms with Crippen LogP contribution in [0.3, 0.4) is 0 Å². The number of aliphatic hydroxyl groups excluding tert-OH is 1. The number of benzene rings is 1. The predicted octanol–water partition coefficient (Wildman–Crippen LogP) is -0.0106. The van der Waals surface area contributed by atoms with Crippen LogP contribution in [0.2, 0.25) is 0 Å². The van der Waals surface area contributed by atoms with Crippen molar-refractivity contribution in [1.29, 1.82) is 0 Å². The molecule has 1 unspecified atom stereocenters. The topological polar surface area (TPSA) is 113 Å². The molecule has 0 saturated carbocycles. The van der Waals surface area contributed by atoms with Crippen molar-refractivity contribution in [3.8, 4) is 0 Å². The van der Waals surface area contributed by atoms with Gasteiger partial charge in [0.1, 0.15) is 0 Å². The van der Waals surface area contributed by atoms with Crippen molar-refractivity contribution in [2.75, 3.05) is 20.3 Å². The summed E-state index contributed by atoms with van der Waals surface area (Å²) in [6.07, 6.45) is 0.330. The maximum Gasteiger partial charge on any atom is 0.303 e. The Kier molecular flexibility index (Phi) is 6.76. The van der Waals surface area contributed by atoms with E-state index in [1.54, 1.807) is 12.1 Å². The summed E-state index contributed by atoms with van der Waals surface area (Å²) in [4.78, 5) is 10.5. The maximum atomic E-state index is 12.1. The third-order valence-electron chi connectivity index (χ3n) is 2.77. The Morgan fingerprint density at radius 1 is 1.33 bits per heavy atom. The normalized spacial score (nSPS) is 13.0. The molecule has 0 amide bonds. The highest BCUT2D eigenvalue weighted by atomic mass is 32.2. The minimum absolute atomic E-state index is 0.00915. The SMILES string of the molecule is COCC(CO)NS(=O)(=O)c1ccc(CCC(=O)O)cc1. The molecule has 0 saturated heterocycles. The van der Waals surface area contributed by atoms with Crippen molar-refractivity contribution in [1.82, 2.24) is 4.72 Å². The van der Waals surface area contributed by atoms with E-state index in [0.717, 1.165) is 5.56 Å². The lowest BCUT2D eigenvalue weighted by Gasteiger charge is -2.15. The van der Waals surface area contributed by atoms with Crippen molar-refractivity contribution in [3.05, 3.63) is 29.8 Å². The van der Waals surface area contributed by atoms with E-state index >= 15 is 0 Å². The molecule has 0 aliphatic rings. The van der Waals surface area contributed by atoms with Gasteiger partial charge < -0.3 is 14.9 Å². The number of aliphatic hydroxyl groups is 1. The number of ether oxygens (including phenoxy) is 1. The van der Waals surface area contributed by atoms with Gasteiger partial charge in [-0.15, -0.1) is 0 Å². The van der Waals surface area contributed by atoms with E-state index in [-0.39, 0.29) is 24.5 Å². The average molecular weight is 317 g/mol. The van der Waals surface area contributed by atoms with Crippen LogP contribution in [0.15, 0.2) is 29.2 Å². The van der Waals surface area contributed by atoms with Gasteiger partial charge in [0.15, 0.2) is 0 Å². The molecule has 1 atom stereocenters. The van der Waals surface area contributed by atoms with Gasteiger partial charge in [-0.05, 0) is 24.1 Å². The minimum atomic E-state index is -3.75. The average Bonchev–Trinajstić information content (AvgIpc) is 2.45. The van der Waals surface area contributed by atoms with E-state index in [2.05, 4.69) is 4.72 Å². The molecule has 7 nitrogen and oxygen atoms in total. The predicted molar refractivity (Wildman–Crippen MR) is 75.5 cm³/mol. The van der Waals surface area contributed by atoms with Crippen molar-refractivity contribution in [2.45, 2.75) is 23.8 Å². The third kappa shape index (κ3) is 5.80. The monoisotopic (exact) mass is 317 g/mol. The zero-order chi connectivity index (χ0) is 15.9. The summed E-state index contributed by atoms with van der Waals surface area (Å²) >= 11 is 0. The highest BCUT2D eigenvalue weighted by molar-refractivity contribution is 7.89. The Morgan fingerprint density at radius 3 is 2.43 bits per heavy atom. The summed E-state index contributed by atoms with van der Waals surface area (Å²) in [5.74, 6) is -0.904. The van der Waals surface area contributed by atoms with Crippen LogP contribution in [0, 0.1) is 0 Å². The van der Waals surface area contributed by atoms with Crippen LogP contribution in [-0.4, -0.2) is 51.0 Å². The van der Waals surface area contributed by atoms with Gasteiger partial charge in [0.2, 0.25) is 10.0 Å². The lowest BCUT2D eigenvalue weighted by atomic mass is 10.1. The van der Waals surface area contributed by atoms with Crippen LogP contribution in [0.25, 0.3) is 0 Å². The molecule has 0 radical (unpaired) electrons. The number of sulfonamides is 1. The fraction of sp³-hybridized carbons (Fsp3) is 0.462. The largest absolute Gasteiger partial charge is 0.481 e. The van der Waals surface area contributed by atoms with Crippen LogP contribution in [0.1, 0.15) is 12.0 Å². The van der Waals surface area contributed by atoms with Gasteiger partial charge in [-0.1, -0.05) is 12.1 Å². The lowest BCUT2D eigenvalue weighted by Crippen LogP contribution is -2.40. The molecule has 0 heterocycles. The van der Waals surface area contributed by atoms with Gasteiger partial charge in [0, 0.05) is 13.5 Å². The number of carboxylic acids is 1. The van der Waals surface area contributed by atoms with Crippen LogP contribution in [0.4, 0.5) is 0 Å². The molecule has 1 aromatic rings. The van der Waals surface area contributed by atoms with Gasteiger partial charge in [-0.3, -0.25) is 4.79 Å². The first-order valence-corrected chi connectivity index (χ1v) is 7.80. The maximum absolute atomic E-state index is 12.1. The van der Waals surface area contributed by atoms with Gasteiger partial charge >= 0.3 is 5.97 Å². The van der Waals surface area contributed by atoms with Crippen LogP contribution >= 0.6 is 0 Å². The third-order valence-corrected chi connectivity index (χ3v) is 4.31. The zero-order valence-electron chi connectivity index (χ0n) is 11.7. The fourth-order valence-electron chi connectivity index (χ4n) is 1.70. The molecule has 3 N–H and O–H groups in total. The molecule has 0 aromatic heterocycles. The molecule has 0 spiro atoms. The van der Waals surface area contributed by atoms with E-state index in [1.807, 2.05) is 0 Å². The second-order valence-electron chi connectivity index (χ2n) is 4.49. The van der Waals surface area contributed by atoms with Crippen molar-refractivity contribution < 1.29 is 28.2 Å². The number of aryl methyl sites for hydroxylation is 1. The van der Waals surface area contributed by atoms with Crippen LogP contribution in [0.5, 0.6) is 0 Å². The number of rotatable bonds is 9. The molecule has 0 aliphatic carbocycles. The highest BCUT2D eigenvalue weighted by Crippen LogP contribution is 2.12. The molecule has 118 valence electrons. The Balaban J connectivity index is 2.77. The second-order valence-corrected chi connectivity index (χ2v) is 6.21. The van der Waals surface area contributed by atoms with Crippen molar-refractivity contribution >= 4 is 16.0 Å². The summed E-state index contributed by atoms with van der Waals surface area (Å²) in [7, 11) is -2.34. The summed E-state index contributed by atoms with van der Waals surface area (Å²) in [6, 6.07) is 5.23. The van der Waals surface area contributed by atoms with Gasteiger partial charge in [-0.25, -0.2) is 13.1 Å². The molecule has 0 fully saturated rings. The molecular weight excluding hydrogens is 298 g/mol. The molecule has 1 rings (SSSR count). The fourth-order valence-corrected chi connectivity index (χ4v) is 2.91. The van der Waals surface area contributed by atoms with E-state index in [0.29, 0.717) is 6.42 Å². The molecular formula is C13H19NO6S. The number of methoxy groups -OCH3 is 1. The Bertz CT molecular complexity index is 555. The van der Waals surface area contributed by atoms with Crippen LogP contribution < -0.4 is 4.72 Å². The minimum Gasteiger partial charge on any atom is -0.481 e. The first-order chi connectivity index (χ1) is 9.89. The highest BCUT2D eigenvalue weighted by Gasteiger charge is 2.19. The Morgan fingerprint density at radius 2 is 1.95 bits per heavy atom. The summed E-state index contributed by atoms with van der Waals surface area (Å²) in [5, 5.41) is 17.7. The van der Waals surface area contributed by atoms with Gasteiger partial charge in [0.05, 0.1) is 24.2 Å². The number of nitrogens with one attached hydrogen (secondary N) is 1. The lowest BCUT2D eigenvalue weighted by molar-refractivity contribution is -0.136. The molecule has 1 aromatic carbocycles. The van der Waals surface area contributed by atoms with E-state index in [9.17, 15) is 13.2 Å². The quantitative estimate of drug-likeness (QED) is 0.590. The number of aliphatic carboxylic acids is 1. The number of carbonyl (C=O) groups is 1. The summed E-state index contributed by atoms with van der Waals surface area (Å²) < 4.78 is 31.3. The van der Waals surface area contributed by atoms with E-state index < -0.39 is 22.0 Å². The first-order valence-electron chi connectivity index (χ1n) is 6.32. The Hall–Kier alpha value is -1.48. The van der Waals surface area contributed by atoms with E-state index in [1.165, 1.54) is 19.2 Å². The first kappa shape index (κ1) is 17.6. The van der Waals surface area contributed by atoms with Crippen LogP contribution in [-0.2, 0) is 26.0 Å². The zero-order valence-corrected chi connectivity index (χ0v) is 12.5. The standard InChI is InChI=1S/C13H19NO6S/c1-20-9-11(8-15)14-21(18,19)12-5-2-10(3-6-12)4-7-13(16)17/h2-3,5-6,11,14-15H,4,7-9H2,1H3,(H,16,17). The van der Waals surface area contributed by atoms with Crippen molar-refractivity contribution in [3.63, 3.8) is 0 Å². The smallest absolute Gasteiger partial charge is 0.303 e. The van der Waals surface area contributed by atoms with E-state index in [4.69, 9.17) is 14.9 Å². The molecule has 21 heavy (non-hydrogen) atoms. The second kappa shape index (κ2) is 8.08. The number of hydrogen-bond acceptors (Lipinski definition) is 5. The number of hydrogen-bond donors (Lipinski definition) is 3.